The van der Waals surface area contributed by atoms with Crippen LogP contribution in [0, 0.1) is 45.3 Å². The summed E-state index contributed by atoms with van der Waals surface area (Å²) < 4.78 is 12.5. The van der Waals surface area contributed by atoms with E-state index in [-0.39, 0.29) is 33.9 Å². The summed E-state index contributed by atoms with van der Waals surface area (Å²) >= 11 is 0. The molecule has 5 rings (SSSR count). The first-order valence-electron chi connectivity index (χ1n) is 15.0. The van der Waals surface area contributed by atoms with E-state index in [1.165, 1.54) is 19.3 Å². The molecule has 4 fully saturated rings. The number of allylic oxidation sites excluding steroid dienone is 2. The van der Waals surface area contributed by atoms with Crippen molar-refractivity contribution in [1.29, 1.82) is 0 Å². The standard InChI is InChI=1S/C32H52O5/c1-9-36-27-19(18-23(37-27)26(34)29(4,5)35)20-12-16-32(8)22-10-11-24-28(2,3)25(33)14-15-30(24,6)21(22)13-17-31(20,32)7/h10,19-21,23-24,26-27,34-35H,9,11-18H2,1-8H3/t19-,20-,21-,23+,24-,26-,27-,30+,31-,32+/m0/s1. The second kappa shape index (κ2) is 8.88. The Morgan fingerprint density at radius 2 is 1.84 bits per heavy atom. The van der Waals surface area contributed by atoms with E-state index in [9.17, 15) is 15.0 Å². The molecular formula is C32H52O5. The Bertz CT molecular complexity index is 947. The molecule has 0 radical (unpaired) electrons. The fourth-order valence-electron chi connectivity index (χ4n) is 10.3. The van der Waals surface area contributed by atoms with E-state index in [2.05, 4.69) is 40.7 Å². The molecule has 2 N–H and O–H groups in total. The van der Waals surface area contributed by atoms with Crippen molar-refractivity contribution in [2.75, 3.05) is 6.61 Å². The Morgan fingerprint density at radius 3 is 2.49 bits per heavy atom. The average Bonchev–Trinajstić information content (AvgIpc) is 3.34. The Balaban J connectivity index is 1.46. The third kappa shape index (κ3) is 3.88. The topological polar surface area (TPSA) is 76.0 Å². The molecule has 0 unspecified atom stereocenters. The second-order valence-corrected chi connectivity index (χ2v) is 15.1. The number of rotatable bonds is 5. The van der Waals surface area contributed by atoms with Crippen molar-refractivity contribution in [2.45, 2.75) is 131 Å². The lowest BCUT2D eigenvalue weighted by Gasteiger charge is -2.63. The lowest BCUT2D eigenvalue weighted by molar-refractivity contribution is -0.193. The van der Waals surface area contributed by atoms with Crippen LogP contribution in [0.5, 0.6) is 0 Å². The monoisotopic (exact) mass is 516 g/mol. The zero-order chi connectivity index (χ0) is 27.2. The van der Waals surface area contributed by atoms with E-state index in [0.29, 0.717) is 30.1 Å². The first-order valence-corrected chi connectivity index (χ1v) is 15.0. The molecule has 37 heavy (non-hydrogen) atoms. The van der Waals surface area contributed by atoms with Gasteiger partial charge in [0.05, 0.1) is 11.7 Å². The molecule has 5 aliphatic rings. The fourth-order valence-corrected chi connectivity index (χ4v) is 10.3. The highest BCUT2D eigenvalue weighted by Gasteiger charge is 2.66. The number of hydrogen-bond acceptors (Lipinski definition) is 5. The zero-order valence-corrected chi connectivity index (χ0v) is 24.6. The number of fused-ring (bicyclic) bond motifs is 5. The number of aliphatic hydroxyl groups is 2. The van der Waals surface area contributed by atoms with Gasteiger partial charge in [0.15, 0.2) is 6.29 Å². The van der Waals surface area contributed by atoms with E-state index in [1.54, 1.807) is 19.4 Å². The smallest absolute Gasteiger partial charge is 0.161 e. The Kier molecular flexibility index (Phi) is 6.67. The highest BCUT2D eigenvalue weighted by molar-refractivity contribution is 5.85. The van der Waals surface area contributed by atoms with Crippen molar-refractivity contribution in [3.63, 3.8) is 0 Å². The fraction of sp³-hybridized carbons (Fsp3) is 0.906. The molecule has 1 saturated heterocycles. The summed E-state index contributed by atoms with van der Waals surface area (Å²) in [6, 6.07) is 0. The van der Waals surface area contributed by atoms with Crippen LogP contribution in [0.3, 0.4) is 0 Å². The number of hydrogen-bond donors (Lipinski definition) is 2. The summed E-state index contributed by atoms with van der Waals surface area (Å²) in [5.41, 5.74) is 0.678. The van der Waals surface area contributed by atoms with Crippen molar-refractivity contribution in [3.05, 3.63) is 11.6 Å². The minimum absolute atomic E-state index is 0.129. The SMILES string of the molecule is CCO[C@H]1O[C@@H]([C@H](O)C(C)(C)O)C[C@H]1[C@@H]1CC[C@]2(C)C3=CC[C@H]4C(C)(C)C(=O)CC[C@]4(C)[C@H]3CC[C@@]12C. The molecule has 10 atom stereocenters. The molecule has 0 spiro atoms. The molecule has 5 nitrogen and oxygen atoms in total. The Morgan fingerprint density at radius 1 is 1.14 bits per heavy atom. The van der Waals surface area contributed by atoms with Crippen LogP contribution in [0.15, 0.2) is 11.6 Å². The molecule has 1 heterocycles. The van der Waals surface area contributed by atoms with Crippen molar-refractivity contribution in [3.8, 4) is 0 Å². The maximum atomic E-state index is 12.9. The van der Waals surface area contributed by atoms with Crippen LogP contribution in [-0.4, -0.2) is 46.7 Å². The molecule has 1 aliphatic heterocycles. The highest BCUT2D eigenvalue weighted by atomic mass is 16.7. The van der Waals surface area contributed by atoms with Gasteiger partial charge in [0.1, 0.15) is 11.9 Å². The van der Waals surface area contributed by atoms with E-state index in [4.69, 9.17) is 9.47 Å². The van der Waals surface area contributed by atoms with Crippen LogP contribution >= 0.6 is 0 Å². The van der Waals surface area contributed by atoms with Crippen LogP contribution in [0.25, 0.3) is 0 Å². The van der Waals surface area contributed by atoms with E-state index < -0.39 is 17.8 Å². The van der Waals surface area contributed by atoms with Gasteiger partial charge in [0, 0.05) is 24.4 Å². The van der Waals surface area contributed by atoms with Crippen LogP contribution in [-0.2, 0) is 14.3 Å². The summed E-state index contributed by atoms with van der Waals surface area (Å²) in [6.45, 7) is 17.8. The molecule has 210 valence electrons. The third-order valence-corrected chi connectivity index (χ3v) is 12.7. The van der Waals surface area contributed by atoms with Crippen molar-refractivity contribution >= 4 is 5.78 Å². The maximum absolute atomic E-state index is 12.9. The predicted molar refractivity (Wildman–Crippen MR) is 145 cm³/mol. The van der Waals surface area contributed by atoms with Crippen LogP contribution < -0.4 is 0 Å². The molecule has 0 aromatic rings. The van der Waals surface area contributed by atoms with Gasteiger partial charge in [-0.3, -0.25) is 4.79 Å². The third-order valence-electron chi connectivity index (χ3n) is 12.7. The van der Waals surface area contributed by atoms with Crippen molar-refractivity contribution in [1.82, 2.24) is 0 Å². The summed E-state index contributed by atoms with van der Waals surface area (Å²) in [6.07, 6.45) is 9.07. The first kappa shape index (κ1) is 27.8. The molecule has 3 saturated carbocycles. The van der Waals surface area contributed by atoms with E-state index in [0.717, 1.165) is 32.1 Å². The van der Waals surface area contributed by atoms with Crippen LogP contribution in [0.1, 0.15) is 107 Å². The number of carbonyl (C=O) groups excluding carboxylic acids is 1. The number of Topliss-reactive ketones (excluding diaryl/α,β-unsaturated/α-hetero) is 1. The minimum Gasteiger partial charge on any atom is -0.388 e. The molecule has 5 heteroatoms. The van der Waals surface area contributed by atoms with E-state index >= 15 is 0 Å². The zero-order valence-electron chi connectivity index (χ0n) is 24.6. The Hall–Kier alpha value is -0.750. The summed E-state index contributed by atoms with van der Waals surface area (Å²) in [4.78, 5) is 12.9. The highest BCUT2D eigenvalue weighted by Crippen LogP contribution is 2.73. The first-order chi connectivity index (χ1) is 17.1. The van der Waals surface area contributed by atoms with Gasteiger partial charge in [0.2, 0.25) is 0 Å². The predicted octanol–water partition coefficient (Wildman–Crippen LogP) is 6.06. The van der Waals surface area contributed by atoms with Crippen LogP contribution in [0.2, 0.25) is 0 Å². The average molecular weight is 517 g/mol. The number of ketones is 1. The van der Waals surface area contributed by atoms with Crippen molar-refractivity contribution in [2.24, 2.45) is 45.3 Å². The number of ether oxygens (including phenoxy) is 2. The molecule has 0 aromatic heterocycles. The summed E-state index contributed by atoms with van der Waals surface area (Å²) in [7, 11) is 0. The molecule has 0 amide bonds. The maximum Gasteiger partial charge on any atom is 0.161 e. The summed E-state index contributed by atoms with van der Waals surface area (Å²) in [5, 5.41) is 21.4. The summed E-state index contributed by atoms with van der Waals surface area (Å²) in [5.74, 6) is 2.09. The quantitative estimate of drug-likeness (QED) is 0.435. The van der Waals surface area contributed by atoms with Crippen LogP contribution in [0.4, 0.5) is 0 Å². The second-order valence-electron chi connectivity index (χ2n) is 15.1. The van der Waals surface area contributed by atoms with Gasteiger partial charge in [0.25, 0.3) is 0 Å². The van der Waals surface area contributed by atoms with Gasteiger partial charge in [-0.15, -0.1) is 0 Å². The normalized spacial score (nSPS) is 48.2. The minimum atomic E-state index is -1.21. The molecular weight excluding hydrogens is 464 g/mol. The molecule has 0 bridgehead atoms. The molecule has 0 aromatic carbocycles. The molecule has 4 aliphatic carbocycles. The van der Waals surface area contributed by atoms with Gasteiger partial charge >= 0.3 is 0 Å². The van der Waals surface area contributed by atoms with Gasteiger partial charge in [-0.25, -0.2) is 0 Å². The lowest BCUT2D eigenvalue weighted by Crippen LogP contribution is -2.57. The van der Waals surface area contributed by atoms with Gasteiger partial charge in [-0.2, -0.15) is 0 Å². The largest absolute Gasteiger partial charge is 0.388 e. The van der Waals surface area contributed by atoms with Gasteiger partial charge in [-0.1, -0.05) is 46.3 Å². The Labute approximate surface area is 224 Å². The number of aliphatic hydroxyl groups excluding tert-OH is 1. The van der Waals surface area contributed by atoms with Crippen molar-refractivity contribution < 1.29 is 24.5 Å². The van der Waals surface area contributed by atoms with Gasteiger partial charge in [-0.05, 0) is 99.7 Å². The van der Waals surface area contributed by atoms with Gasteiger partial charge < -0.3 is 19.7 Å². The number of carbonyl (C=O) groups is 1. The van der Waals surface area contributed by atoms with E-state index in [1.807, 2.05) is 6.92 Å². The lowest BCUT2D eigenvalue weighted by atomic mass is 9.41.